The monoisotopic (exact) mass is 359 g/mol. The first kappa shape index (κ1) is 19.9. The number of amidine groups is 1. The van der Waals surface area contributed by atoms with Gasteiger partial charge in [-0.05, 0) is 37.0 Å². The summed E-state index contributed by atoms with van der Waals surface area (Å²) >= 11 is 0. The molecule has 6 nitrogen and oxygen atoms in total. The highest BCUT2D eigenvalue weighted by molar-refractivity contribution is 6.37. The number of amides is 1. The predicted molar refractivity (Wildman–Crippen MR) is 103 cm³/mol. The number of carbonyl (C=O) groups excluding carboxylic acids is 1. The third kappa shape index (κ3) is 4.62. The van der Waals surface area contributed by atoms with E-state index in [-0.39, 0.29) is 17.5 Å². The summed E-state index contributed by atoms with van der Waals surface area (Å²) in [6.45, 7) is 3.87. The van der Waals surface area contributed by atoms with Crippen LogP contribution in [-0.4, -0.2) is 59.8 Å². The third-order valence-electron chi connectivity index (χ3n) is 4.97. The molecule has 0 radical (unpaired) electrons. The van der Waals surface area contributed by atoms with Crippen molar-refractivity contribution in [2.45, 2.75) is 45.1 Å². The first-order valence-corrected chi connectivity index (χ1v) is 9.31. The number of carboxylic acids is 1. The largest absolute Gasteiger partial charge is 0.478 e. The summed E-state index contributed by atoms with van der Waals surface area (Å²) in [5, 5.41) is 9.09. The Kier molecular flexibility index (Phi) is 7.18. The average molecular weight is 359 g/mol. The van der Waals surface area contributed by atoms with E-state index >= 15 is 0 Å². The maximum Gasteiger partial charge on any atom is 0.335 e. The Morgan fingerprint density at radius 2 is 1.85 bits per heavy atom. The number of aromatic carboxylic acids is 1. The molecule has 1 aromatic rings. The van der Waals surface area contributed by atoms with Crippen LogP contribution >= 0.6 is 0 Å². The quantitative estimate of drug-likeness (QED) is 0.625. The number of aliphatic imine (C=N–C) groups is 1. The molecule has 1 aliphatic rings. The lowest BCUT2D eigenvalue weighted by molar-refractivity contribution is -0.125. The molecule has 1 aromatic carbocycles. The molecular weight excluding hydrogens is 330 g/mol. The maximum atomic E-state index is 13.1. The second-order valence-electron chi connectivity index (χ2n) is 6.74. The van der Waals surface area contributed by atoms with E-state index < -0.39 is 5.97 Å². The maximum absolute atomic E-state index is 13.1. The number of likely N-dealkylation sites (N-methyl/N-ethyl adjacent to an activating group) is 1. The van der Waals surface area contributed by atoms with Crippen LogP contribution in [0.4, 0.5) is 0 Å². The van der Waals surface area contributed by atoms with Crippen molar-refractivity contribution in [3.63, 3.8) is 0 Å². The van der Waals surface area contributed by atoms with Gasteiger partial charge in [0, 0.05) is 27.2 Å². The van der Waals surface area contributed by atoms with Gasteiger partial charge in [-0.3, -0.25) is 9.79 Å². The van der Waals surface area contributed by atoms with Crippen molar-refractivity contribution < 1.29 is 14.7 Å². The first-order chi connectivity index (χ1) is 12.5. The van der Waals surface area contributed by atoms with Crippen molar-refractivity contribution in [1.29, 1.82) is 0 Å². The van der Waals surface area contributed by atoms with Gasteiger partial charge in [-0.25, -0.2) is 4.79 Å². The molecule has 0 spiro atoms. The zero-order chi connectivity index (χ0) is 19.1. The van der Waals surface area contributed by atoms with E-state index in [4.69, 9.17) is 5.11 Å². The van der Waals surface area contributed by atoms with Gasteiger partial charge in [0.15, 0.2) is 5.84 Å². The Bertz CT molecular complexity index is 649. The summed E-state index contributed by atoms with van der Waals surface area (Å²) in [5.74, 6) is -0.494. The molecule has 1 atom stereocenters. The number of nitrogens with zero attached hydrogens (tertiary/aromatic N) is 3. The highest BCUT2D eigenvalue weighted by Crippen LogP contribution is 2.26. The van der Waals surface area contributed by atoms with Crippen molar-refractivity contribution in [2.24, 2.45) is 4.99 Å². The molecule has 1 fully saturated rings. The number of hydrogen-bond donors (Lipinski definition) is 1. The van der Waals surface area contributed by atoms with Gasteiger partial charge in [-0.15, -0.1) is 0 Å². The summed E-state index contributed by atoms with van der Waals surface area (Å²) in [6, 6.07) is 6.73. The molecule has 1 N–H and O–H groups in total. The van der Waals surface area contributed by atoms with Gasteiger partial charge >= 0.3 is 5.97 Å². The zero-order valence-corrected chi connectivity index (χ0v) is 15.9. The molecule has 6 heteroatoms. The summed E-state index contributed by atoms with van der Waals surface area (Å²) in [5.41, 5.74) is 1.21. The first-order valence-electron chi connectivity index (χ1n) is 9.31. The van der Waals surface area contributed by atoms with Crippen molar-refractivity contribution in [3.8, 4) is 0 Å². The lowest BCUT2D eigenvalue weighted by atomic mass is 9.98. The Hall–Kier alpha value is -2.37. The summed E-state index contributed by atoms with van der Waals surface area (Å²) in [4.78, 5) is 32.2. The van der Waals surface area contributed by atoms with Gasteiger partial charge in [0.2, 0.25) is 0 Å². The molecule has 1 amide bonds. The topological polar surface area (TPSA) is 73.2 Å². The fourth-order valence-corrected chi connectivity index (χ4v) is 3.43. The molecule has 1 heterocycles. The van der Waals surface area contributed by atoms with Crippen molar-refractivity contribution >= 4 is 17.7 Å². The second kappa shape index (κ2) is 9.36. The minimum Gasteiger partial charge on any atom is -0.478 e. The third-order valence-corrected chi connectivity index (χ3v) is 4.97. The average Bonchev–Trinajstić information content (AvgIpc) is 3.17. The van der Waals surface area contributed by atoms with Gasteiger partial charge in [-0.2, -0.15) is 0 Å². The van der Waals surface area contributed by atoms with Gasteiger partial charge < -0.3 is 14.9 Å². The van der Waals surface area contributed by atoms with Gasteiger partial charge in [0.25, 0.3) is 5.91 Å². The van der Waals surface area contributed by atoms with Crippen LogP contribution in [0.5, 0.6) is 0 Å². The van der Waals surface area contributed by atoms with Crippen molar-refractivity contribution in [2.75, 3.05) is 27.2 Å². The summed E-state index contributed by atoms with van der Waals surface area (Å²) < 4.78 is 0. The van der Waals surface area contributed by atoms with Crippen molar-refractivity contribution in [1.82, 2.24) is 9.80 Å². The number of unbranched alkanes of at least 4 members (excludes halogenated alkanes) is 1. The van der Waals surface area contributed by atoms with E-state index in [1.54, 1.807) is 24.1 Å². The lowest BCUT2D eigenvalue weighted by Gasteiger charge is -2.31. The van der Waals surface area contributed by atoms with Gasteiger partial charge in [0.05, 0.1) is 11.6 Å². The molecule has 2 rings (SSSR count). The summed E-state index contributed by atoms with van der Waals surface area (Å²) in [6.07, 6.45) is 5.04. The molecule has 1 aliphatic heterocycles. The standard InChI is InChI=1S/C20H29N3O3/c1-4-5-8-17(15-9-11-16(12-10-15)20(25)26)22(3)19(24)18(21-2)23-13-6-7-14-23/h9-12,17H,4-8,13-14H2,1-3H3,(H,25,26)/t17-/m1/s1. The minimum atomic E-state index is -0.944. The Morgan fingerprint density at radius 3 is 2.35 bits per heavy atom. The fraction of sp³-hybridized carbons (Fsp3) is 0.550. The van der Waals surface area contributed by atoms with Crippen molar-refractivity contribution in [3.05, 3.63) is 35.4 Å². The Balaban J connectivity index is 2.23. The number of rotatable bonds is 6. The lowest BCUT2D eigenvalue weighted by Crippen LogP contribution is -2.44. The molecule has 0 aliphatic carbocycles. The van der Waals surface area contributed by atoms with Crippen LogP contribution in [0.1, 0.15) is 61.0 Å². The van der Waals surface area contributed by atoms with E-state index in [0.29, 0.717) is 5.84 Å². The van der Waals surface area contributed by atoms with E-state index in [1.165, 1.54) is 0 Å². The molecule has 142 valence electrons. The van der Waals surface area contributed by atoms with Crippen LogP contribution in [0.3, 0.4) is 0 Å². The molecule has 0 saturated carbocycles. The molecule has 1 saturated heterocycles. The predicted octanol–water partition coefficient (Wildman–Crippen LogP) is 3.20. The molecule has 0 aromatic heterocycles. The number of carbonyl (C=O) groups is 2. The van der Waals surface area contributed by atoms with Crippen LogP contribution in [-0.2, 0) is 4.79 Å². The number of hydrogen-bond acceptors (Lipinski definition) is 3. The minimum absolute atomic E-state index is 0.0715. The zero-order valence-electron chi connectivity index (χ0n) is 15.9. The molecule has 0 unspecified atom stereocenters. The SMILES string of the molecule is CCCC[C@H](c1ccc(C(=O)O)cc1)N(C)C(=O)C(=NC)N1CCCC1. The number of likely N-dealkylation sites (tertiary alicyclic amines) is 1. The van der Waals surface area contributed by atoms with Gasteiger partial charge in [-0.1, -0.05) is 31.9 Å². The van der Waals surface area contributed by atoms with Crippen LogP contribution in [0.15, 0.2) is 29.3 Å². The fourth-order valence-electron chi connectivity index (χ4n) is 3.43. The van der Waals surface area contributed by atoms with Crippen LogP contribution < -0.4 is 0 Å². The summed E-state index contributed by atoms with van der Waals surface area (Å²) in [7, 11) is 3.48. The smallest absolute Gasteiger partial charge is 0.335 e. The normalized spacial score (nSPS) is 15.8. The highest BCUT2D eigenvalue weighted by Gasteiger charge is 2.29. The number of carboxylic acid groups (broad SMARTS) is 1. The van der Waals surface area contributed by atoms with E-state index in [1.807, 2.05) is 19.2 Å². The second-order valence-corrected chi connectivity index (χ2v) is 6.74. The highest BCUT2D eigenvalue weighted by atomic mass is 16.4. The molecular formula is C20H29N3O3. The van der Waals surface area contributed by atoms with Crippen LogP contribution in [0.25, 0.3) is 0 Å². The van der Waals surface area contributed by atoms with E-state index in [9.17, 15) is 9.59 Å². The molecule has 0 bridgehead atoms. The van der Waals surface area contributed by atoms with E-state index in [0.717, 1.165) is 50.8 Å². The molecule has 26 heavy (non-hydrogen) atoms. The van der Waals surface area contributed by atoms with Crippen LogP contribution in [0.2, 0.25) is 0 Å². The Morgan fingerprint density at radius 1 is 1.23 bits per heavy atom. The van der Waals surface area contributed by atoms with E-state index in [2.05, 4.69) is 16.8 Å². The van der Waals surface area contributed by atoms with Gasteiger partial charge in [0.1, 0.15) is 0 Å². The van der Waals surface area contributed by atoms with Crippen LogP contribution in [0, 0.1) is 0 Å². The Labute approximate surface area is 155 Å². The number of benzene rings is 1.